The molecule has 3 heteroatoms. The number of para-hydroxylation sites is 1. The van der Waals surface area contributed by atoms with E-state index in [2.05, 4.69) is 75.8 Å². The van der Waals surface area contributed by atoms with Gasteiger partial charge in [-0.3, -0.25) is 0 Å². The van der Waals surface area contributed by atoms with Gasteiger partial charge in [-0.25, -0.2) is 0 Å². The third-order valence-corrected chi connectivity index (χ3v) is 11.3. The van der Waals surface area contributed by atoms with E-state index in [-0.39, 0.29) is 0 Å². The molecule has 0 unspecified atom stereocenters. The maximum absolute atomic E-state index is 6.01. The molecule has 0 spiro atoms. The van der Waals surface area contributed by atoms with Gasteiger partial charge in [-0.2, -0.15) is 0 Å². The number of hydrogen-bond acceptors (Lipinski definition) is 1. The van der Waals surface area contributed by atoms with Gasteiger partial charge in [-0.05, 0) is 0 Å². The van der Waals surface area contributed by atoms with Crippen molar-refractivity contribution in [1.82, 2.24) is 0 Å². The molecule has 0 saturated carbocycles. The fraction of sp³-hybridized carbons (Fsp3) is 0.250. The molecule has 0 heterocycles. The van der Waals surface area contributed by atoms with Crippen LogP contribution in [0.4, 0.5) is 0 Å². The van der Waals surface area contributed by atoms with Crippen molar-refractivity contribution >= 4 is 20.6 Å². The zero-order chi connectivity index (χ0) is 18.8. The molecule has 1 nitrogen and oxygen atoms in total. The third kappa shape index (κ3) is 7.15. The van der Waals surface area contributed by atoms with Crippen molar-refractivity contribution in [3.63, 3.8) is 0 Å². The Morgan fingerprint density at radius 3 is 1.52 bits per heavy atom. The molecular weight excluding hydrogens is 414 g/mol. The monoisotopic (exact) mass is 442 g/mol. The second kappa shape index (κ2) is 10.7. The number of aryl methyl sites for hydroxylation is 2. The first-order valence-electron chi connectivity index (χ1n) is 9.56. The quantitative estimate of drug-likeness (QED) is 0.292. The van der Waals surface area contributed by atoms with Gasteiger partial charge in [-0.15, -0.1) is 0 Å². The summed E-state index contributed by atoms with van der Waals surface area (Å²) in [5, 5.41) is 0. The molecular formula is C24H27OPSe. The van der Waals surface area contributed by atoms with Crippen LogP contribution in [0.1, 0.15) is 11.1 Å². The van der Waals surface area contributed by atoms with Gasteiger partial charge in [-0.1, -0.05) is 0 Å². The fourth-order valence-electron chi connectivity index (χ4n) is 3.14. The summed E-state index contributed by atoms with van der Waals surface area (Å²) >= 11 is 3.65. The molecule has 0 N–H and O–H groups in total. The summed E-state index contributed by atoms with van der Waals surface area (Å²) in [5.74, 6) is 0.968. The van der Waals surface area contributed by atoms with Crippen LogP contribution in [-0.4, -0.2) is 40.2 Å². The Kier molecular flexibility index (Phi) is 7.96. The first-order chi connectivity index (χ1) is 13.2. The maximum atomic E-state index is 6.01. The van der Waals surface area contributed by atoms with Gasteiger partial charge in [0.1, 0.15) is 0 Å². The Morgan fingerprint density at radius 1 is 0.593 bits per heavy atom. The minimum atomic E-state index is -1.19. The topological polar surface area (TPSA) is 9.23 Å². The molecule has 0 amide bonds. The Bertz CT molecular complexity index is 787. The predicted molar refractivity (Wildman–Crippen MR) is 120 cm³/mol. The van der Waals surface area contributed by atoms with E-state index in [1.165, 1.54) is 23.5 Å². The molecule has 27 heavy (non-hydrogen) atoms. The van der Waals surface area contributed by atoms with E-state index in [0.29, 0.717) is 0 Å². The van der Waals surface area contributed by atoms with Gasteiger partial charge in [0.25, 0.3) is 0 Å². The van der Waals surface area contributed by atoms with Crippen LogP contribution in [-0.2, 0) is 12.8 Å². The molecule has 3 aromatic rings. The van der Waals surface area contributed by atoms with Crippen molar-refractivity contribution in [2.75, 3.05) is 25.1 Å². The minimum absolute atomic E-state index is 0.786. The molecule has 0 bridgehead atoms. The van der Waals surface area contributed by atoms with E-state index >= 15 is 0 Å². The molecule has 0 radical (unpaired) electrons. The molecule has 0 aromatic heterocycles. The number of hydrogen-bond donors (Lipinski definition) is 0. The second-order valence-corrected chi connectivity index (χ2v) is 15.2. The van der Waals surface area contributed by atoms with Crippen molar-refractivity contribution in [2.45, 2.75) is 12.8 Å². The summed E-state index contributed by atoms with van der Waals surface area (Å²) in [7, 11) is 0. The number of benzene rings is 3. The van der Waals surface area contributed by atoms with E-state index in [9.17, 15) is 0 Å². The molecule has 3 rings (SSSR count). The summed E-state index contributed by atoms with van der Waals surface area (Å²) in [4.78, 5) is 0. The average molecular weight is 441 g/mol. The van der Waals surface area contributed by atoms with Crippen molar-refractivity contribution in [2.24, 2.45) is 0 Å². The molecule has 0 saturated heterocycles. The zero-order valence-corrected chi connectivity index (χ0v) is 18.3. The van der Waals surface area contributed by atoms with Crippen LogP contribution in [0, 0.1) is 0 Å². The van der Waals surface area contributed by atoms with Crippen LogP contribution in [0.3, 0.4) is 0 Å². The SMILES string of the molecule is [Se]=P(CCOc1ccccc1)(CCc1ccccc1)CCc1ccccc1. The molecule has 0 aliphatic carbocycles. The van der Waals surface area contributed by atoms with E-state index < -0.39 is 5.51 Å². The van der Waals surface area contributed by atoms with Gasteiger partial charge in [0, 0.05) is 0 Å². The summed E-state index contributed by atoms with van der Waals surface area (Å²) in [6.45, 7) is 0.786. The average Bonchev–Trinajstić information content (AvgIpc) is 2.73. The van der Waals surface area contributed by atoms with E-state index in [0.717, 1.165) is 31.4 Å². The number of rotatable bonds is 10. The Morgan fingerprint density at radius 2 is 1.04 bits per heavy atom. The summed E-state index contributed by atoms with van der Waals surface area (Å²) < 4.78 is 6.01. The van der Waals surface area contributed by atoms with E-state index in [1.54, 1.807) is 0 Å². The zero-order valence-electron chi connectivity index (χ0n) is 15.7. The Hall–Kier alpha value is -1.59. The molecule has 3 aromatic carbocycles. The van der Waals surface area contributed by atoms with Gasteiger partial charge in [0.05, 0.1) is 0 Å². The normalized spacial score (nSPS) is 11.3. The molecule has 0 atom stereocenters. The first-order valence-corrected chi connectivity index (χ1v) is 14.1. The molecule has 140 valence electrons. The summed E-state index contributed by atoms with van der Waals surface area (Å²) in [5.41, 5.74) is 1.68. The number of ether oxygens (including phenoxy) is 1. The van der Waals surface area contributed by atoms with Gasteiger partial charge >= 0.3 is 171 Å². The van der Waals surface area contributed by atoms with Gasteiger partial charge in [0.2, 0.25) is 0 Å². The van der Waals surface area contributed by atoms with E-state index in [4.69, 9.17) is 4.74 Å². The van der Waals surface area contributed by atoms with Crippen LogP contribution < -0.4 is 4.74 Å². The summed E-state index contributed by atoms with van der Waals surface area (Å²) in [6, 6.07) is 31.8. The Balaban J connectivity index is 1.60. The van der Waals surface area contributed by atoms with Crippen LogP contribution in [0.15, 0.2) is 91.0 Å². The first kappa shape index (κ1) is 20.2. The van der Waals surface area contributed by atoms with E-state index in [1.807, 2.05) is 30.3 Å². The molecule has 0 aliphatic heterocycles. The van der Waals surface area contributed by atoms with Crippen LogP contribution in [0.5, 0.6) is 5.75 Å². The van der Waals surface area contributed by atoms with Crippen molar-refractivity contribution in [3.05, 3.63) is 102 Å². The fourth-order valence-corrected chi connectivity index (χ4v) is 7.18. The predicted octanol–water partition coefficient (Wildman–Crippen LogP) is 5.65. The standard InChI is InChI=1S/C24H27OPSe/c27-26(19-16-22-10-4-1-5-11-22,20-17-23-12-6-2-7-13-23)21-18-25-24-14-8-3-9-15-24/h1-15H,16-21H2. The molecule has 0 fully saturated rings. The van der Waals surface area contributed by atoms with Crippen molar-refractivity contribution in [1.29, 1.82) is 0 Å². The van der Waals surface area contributed by atoms with Crippen molar-refractivity contribution in [3.8, 4) is 5.75 Å². The summed E-state index contributed by atoms with van der Waals surface area (Å²) in [6.07, 6.45) is 5.88. The molecule has 0 aliphatic rings. The van der Waals surface area contributed by atoms with Gasteiger partial charge in [0.15, 0.2) is 0 Å². The van der Waals surface area contributed by atoms with Crippen LogP contribution >= 0.6 is 5.51 Å². The third-order valence-electron chi connectivity index (χ3n) is 4.81. The van der Waals surface area contributed by atoms with Gasteiger partial charge < -0.3 is 0 Å². The van der Waals surface area contributed by atoms with Crippen molar-refractivity contribution < 1.29 is 4.74 Å². The van der Waals surface area contributed by atoms with Crippen LogP contribution in [0.2, 0.25) is 0 Å². The second-order valence-electron chi connectivity index (χ2n) is 6.86. The Labute approximate surface area is 171 Å². The van der Waals surface area contributed by atoms with Crippen LogP contribution in [0.25, 0.3) is 0 Å².